The monoisotopic (exact) mass is 509 g/mol. The fraction of sp³-hybridized carbons (Fsp3) is 0.136. The van der Waals surface area contributed by atoms with Crippen molar-refractivity contribution < 1.29 is 28.8 Å². The van der Waals surface area contributed by atoms with Crippen LogP contribution < -0.4 is 10.9 Å². The van der Waals surface area contributed by atoms with Gasteiger partial charge in [-0.1, -0.05) is 17.4 Å². The van der Waals surface area contributed by atoms with E-state index in [-0.39, 0.29) is 21.9 Å². The number of non-ortho nitro benzene ring substituents is 1. The Morgan fingerprint density at radius 1 is 1.08 bits per heavy atom. The van der Waals surface area contributed by atoms with Crippen molar-refractivity contribution in [1.29, 1.82) is 0 Å². The lowest BCUT2D eigenvalue weighted by Crippen LogP contribution is -2.39. The maximum Gasteiger partial charge on any atom is 0.375 e. The summed E-state index contributed by atoms with van der Waals surface area (Å²) in [6.45, 7) is 1.87. The number of amides is 1. The highest BCUT2D eigenvalue weighted by atomic mass is 32.1. The summed E-state index contributed by atoms with van der Waals surface area (Å²) in [6, 6.07) is 8.68. The van der Waals surface area contributed by atoms with Crippen LogP contribution in [0.25, 0.3) is 21.3 Å². The van der Waals surface area contributed by atoms with Crippen LogP contribution in [0.1, 0.15) is 17.2 Å². The van der Waals surface area contributed by atoms with Crippen molar-refractivity contribution in [1.82, 2.24) is 15.0 Å². The molecule has 0 saturated heterocycles. The van der Waals surface area contributed by atoms with Gasteiger partial charge in [-0.3, -0.25) is 34.6 Å². The number of Topliss-reactive ketones (excluding diaryl/α,β-unsaturated/α-hetero) is 2. The maximum atomic E-state index is 13.1. The second kappa shape index (κ2) is 9.42. The van der Waals surface area contributed by atoms with Crippen LogP contribution in [-0.4, -0.2) is 50.4 Å². The number of aromatic nitrogens is 3. The van der Waals surface area contributed by atoms with E-state index in [2.05, 4.69) is 25.0 Å². The number of hydrogen-bond donors (Lipinski definition) is 2. The van der Waals surface area contributed by atoms with Crippen LogP contribution >= 0.6 is 11.3 Å². The second-order valence-electron chi connectivity index (χ2n) is 7.51. The fourth-order valence-electron chi connectivity index (χ4n) is 3.36. The van der Waals surface area contributed by atoms with Crippen LogP contribution in [0, 0.1) is 17.0 Å². The van der Waals surface area contributed by atoms with E-state index in [0.717, 1.165) is 40.8 Å². The van der Waals surface area contributed by atoms with Crippen LogP contribution in [0.5, 0.6) is 0 Å². The standard InChI is InChI=1S/C22H15N5O8S/c1-9-3-5-12-14(7-9)36-22(25-12)26-20(31)17(28)15(18(29)21(32)35-2)16-19(30)24-13-8-10(27(33)34)4-6-11(13)23-16/h3-8,15H,1-2H3,(H,24,30)(H,25,26,31)/t15-/m1/s1. The number of carbonyl (C=O) groups is 4. The molecule has 4 rings (SSSR count). The van der Waals surface area contributed by atoms with E-state index in [4.69, 9.17) is 0 Å². The molecule has 0 aliphatic heterocycles. The number of fused-ring (bicyclic) bond motifs is 2. The van der Waals surface area contributed by atoms with Crippen molar-refractivity contribution in [3.05, 3.63) is 68.1 Å². The summed E-state index contributed by atoms with van der Waals surface area (Å²) in [5, 5.41) is 13.3. The Balaban J connectivity index is 1.73. The third-order valence-corrected chi connectivity index (χ3v) is 6.02. The number of aryl methyl sites for hydroxylation is 1. The largest absolute Gasteiger partial charge is 0.463 e. The zero-order valence-electron chi connectivity index (χ0n) is 18.6. The highest BCUT2D eigenvalue weighted by Crippen LogP contribution is 2.27. The molecule has 13 nitrogen and oxygen atoms in total. The summed E-state index contributed by atoms with van der Waals surface area (Å²) in [5.41, 5.74) is -0.727. The Labute approximate surface area is 204 Å². The quantitative estimate of drug-likeness (QED) is 0.122. The number of nitro benzene ring substituents is 1. The molecular weight excluding hydrogens is 494 g/mol. The lowest BCUT2D eigenvalue weighted by atomic mass is 9.94. The molecule has 0 radical (unpaired) electrons. The Kier molecular flexibility index (Phi) is 6.35. The predicted octanol–water partition coefficient (Wildman–Crippen LogP) is 1.78. The minimum atomic E-state index is -2.22. The summed E-state index contributed by atoms with van der Waals surface area (Å²) in [7, 11) is 0.891. The molecule has 0 fully saturated rings. The van der Waals surface area contributed by atoms with Crippen LogP contribution in [0.2, 0.25) is 0 Å². The van der Waals surface area contributed by atoms with Crippen molar-refractivity contribution in [2.75, 3.05) is 12.4 Å². The van der Waals surface area contributed by atoms with E-state index >= 15 is 0 Å². The smallest absolute Gasteiger partial charge is 0.375 e. The minimum Gasteiger partial charge on any atom is -0.463 e. The first-order chi connectivity index (χ1) is 17.1. The van der Waals surface area contributed by atoms with Gasteiger partial charge in [0.25, 0.3) is 22.9 Å². The molecule has 0 bridgehead atoms. The number of hydrogen-bond acceptors (Lipinski definition) is 11. The molecule has 36 heavy (non-hydrogen) atoms. The van der Waals surface area contributed by atoms with Crippen molar-refractivity contribution in [3.63, 3.8) is 0 Å². The van der Waals surface area contributed by atoms with Crippen LogP contribution in [0.15, 0.2) is 41.2 Å². The van der Waals surface area contributed by atoms with E-state index in [1.165, 1.54) is 6.07 Å². The Bertz CT molecular complexity index is 1660. The van der Waals surface area contributed by atoms with Crippen LogP contribution in [0.3, 0.4) is 0 Å². The molecule has 0 aliphatic carbocycles. The van der Waals surface area contributed by atoms with Gasteiger partial charge in [-0.2, -0.15) is 0 Å². The van der Waals surface area contributed by atoms with Gasteiger partial charge >= 0.3 is 5.97 Å². The zero-order chi connectivity index (χ0) is 26.1. The highest BCUT2D eigenvalue weighted by Gasteiger charge is 2.40. The molecule has 2 N–H and O–H groups in total. The summed E-state index contributed by atoms with van der Waals surface area (Å²) in [4.78, 5) is 84.0. The van der Waals surface area contributed by atoms with E-state index in [1.807, 2.05) is 19.1 Å². The van der Waals surface area contributed by atoms with E-state index in [0.29, 0.717) is 5.52 Å². The summed E-state index contributed by atoms with van der Waals surface area (Å²) in [5.74, 6) is -7.94. The summed E-state index contributed by atoms with van der Waals surface area (Å²) < 4.78 is 5.12. The first-order valence-electron chi connectivity index (χ1n) is 10.1. The van der Waals surface area contributed by atoms with Gasteiger partial charge in [0.1, 0.15) is 11.6 Å². The van der Waals surface area contributed by atoms with Gasteiger partial charge in [-0.15, -0.1) is 0 Å². The molecule has 2 aromatic carbocycles. The van der Waals surface area contributed by atoms with Crippen LogP contribution in [-0.2, 0) is 23.9 Å². The van der Waals surface area contributed by atoms with E-state index in [1.54, 1.807) is 6.07 Å². The number of aromatic amines is 1. The van der Waals surface area contributed by atoms with E-state index in [9.17, 15) is 34.1 Å². The number of methoxy groups -OCH3 is 1. The Hall–Kier alpha value is -4.85. The normalized spacial score (nSPS) is 11.7. The fourth-order valence-corrected chi connectivity index (χ4v) is 4.32. The molecule has 14 heteroatoms. The van der Waals surface area contributed by atoms with E-state index < -0.39 is 45.5 Å². The molecule has 0 saturated carbocycles. The maximum absolute atomic E-state index is 13.1. The number of esters is 1. The zero-order valence-corrected chi connectivity index (χ0v) is 19.4. The molecule has 182 valence electrons. The number of anilines is 1. The molecule has 0 unspecified atom stereocenters. The summed E-state index contributed by atoms with van der Waals surface area (Å²) >= 11 is 1.08. The van der Waals surface area contributed by atoms with Gasteiger partial charge in [0.15, 0.2) is 5.13 Å². The average Bonchev–Trinajstić information content (AvgIpc) is 3.24. The number of nitro groups is 1. The van der Waals surface area contributed by atoms with Crippen molar-refractivity contribution >= 4 is 66.8 Å². The lowest BCUT2D eigenvalue weighted by molar-refractivity contribution is -0.384. The molecule has 1 atom stereocenters. The number of benzene rings is 2. The Morgan fingerprint density at radius 3 is 2.50 bits per heavy atom. The van der Waals surface area contributed by atoms with Crippen molar-refractivity contribution in [2.24, 2.45) is 0 Å². The number of ketones is 2. The van der Waals surface area contributed by atoms with Gasteiger partial charge < -0.3 is 9.72 Å². The first kappa shape index (κ1) is 24.3. The molecule has 0 aliphatic rings. The molecule has 4 aromatic rings. The molecule has 2 aromatic heterocycles. The molecule has 0 spiro atoms. The Morgan fingerprint density at radius 2 is 1.81 bits per heavy atom. The topological polar surface area (TPSA) is 191 Å². The number of thiazole rings is 1. The number of rotatable bonds is 7. The number of carbonyl (C=O) groups excluding carboxylic acids is 4. The van der Waals surface area contributed by atoms with Crippen LogP contribution in [0.4, 0.5) is 10.8 Å². The minimum absolute atomic E-state index is 0.0207. The van der Waals surface area contributed by atoms with Gasteiger partial charge in [-0.05, 0) is 30.7 Å². The van der Waals surface area contributed by atoms with Crippen molar-refractivity contribution in [3.8, 4) is 0 Å². The highest BCUT2D eigenvalue weighted by molar-refractivity contribution is 7.22. The first-order valence-corrected chi connectivity index (χ1v) is 10.9. The van der Waals surface area contributed by atoms with Gasteiger partial charge in [0, 0.05) is 12.1 Å². The van der Waals surface area contributed by atoms with Gasteiger partial charge in [0.2, 0.25) is 5.78 Å². The van der Waals surface area contributed by atoms with Crippen molar-refractivity contribution in [2.45, 2.75) is 12.8 Å². The average molecular weight is 509 g/mol. The van der Waals surface area contributed by atoms with Gasteiger partial charge in [0.05, 0.1) is 33.3 Å². The molecule has 1 amide bonds. The third kappa shape index (κ3) is 4.56. The predicted molar refractivity (Wildman–Crippen MR) is 127 cm³/mol. The number of nitrogens with one attached hydrogen (secondary N) is 2. The SMILES string of the molecule is COC(=O)C(=O)[C@@H](C(=O)C(=O)Nc1nc2ccc(C)cc2s1)c1nc2ccc([N+](=O)[O-])cc2[nH]c1=O. The number of ether oxygens (including phenoxy) is 1. The molecule has 2 heterocycles. The summed E-state index contributed by atoms with van der Waals surface area (Å²) in [6.07, 6.45) is 0. The molecular formula is C22H15N5O8S. The number of nitrogens with zero attached hydrogens (tertiary/aromatic N) is 3. The second-order valence-corrected chi connectivity index (χ2v) is 8.54. The third-order valence-electron chi connectivity index (χ3n) is 5.09. The van der Waals surface area contributed by atoms with Gasteiger partial charge in [-0.25, -0.2) is 14.8 Å². The number of H-pyrrole nitrogens is 1. The lowest BCUT2D eigenvalue weighted by Gasteiger charge is -2.12.